The SMILES string of the molecule is COC1CCN(Cc2cn3c4c2CCC=C4CNCC3)CC1. The second-order valence-electron chi connectivity index (χ2n) is 6.83. The summed E-state index contributed by atoms with van der Waals surface area (Å²) < 4.78 is 7.99. The van der Waals surface area contributed by atoms with Crippen molar-refractivity contribution in [2.75, 3.05) is 33.3 Å². The fourth-order valence-corrected chi connectivity index (χ4v) is 4.24. The summed E-state index contributed by atoms with van der Waals surface area (Å²) in [6.45, 7) is 6.68. The first-order valence-corrected chi connectivity index (χ1v) is 8.71. The molecule has 0 spiro atoms. The molecule has 4 rings (SSSR count). The summed E-state index contributed by atoms with van der Waals surface area (Å²) in [6, 6.07) is 0. The third-order valence-electron chi connectivity index (χ3n) is 5.47. The Balaban J connectivity index is 1.54. The van der Waals surface area contributed by atoms with Gasteiger partial charge in [0.25, 0.3) is 0 Å². The highest BCUT2D eigenvalue weighted by molar-refractivity contribution is 5.71. The first kappa shape index (κ1) is 14.5. The molecule has 2 aliphatic heterocycles. The Bertz CT molecular complexity index is 567. The van der Waals surface area contributed by atoms with E-state index in [1.165, 1.54) is 50.0 Å². The van der Waals surface area contributed by atoms with Crippen LogP contribution in [0.4, 0.5) is 0 Å². The van der Waals surface area contributed by atoms with E-state index in [4.69, 9.17) is 4.74 Å². The summed E-state index contributed by atoms with van der Waals surface area (Å²) >= 11 is 0. The van der Waals surface area contributed by atoms with Crippen LogP contribution in [0.25, 0.3) is 5.57 Å². The van der Waals surface area contributed by atoms with Gasteiger partial charge in [-0.1, -0.05) is 6.08 Å². The highest BCUT2D eigenvalue weighted by Gasteiger charge is 2.25. The minimum Gasteiger partial charge on any atom is -0.381 e. The second kappa shape index (κ2) is 6.19. The molecule has 1 aliphatic carbocycles. The van der Waals surface area contributed by atoms with E-state index in [0.29, 0.717) is 6.10 Å². The number of hydrogen-bond acceptors (Lipinski definition) is 3. The van der Waals surface area contributed by atoms with E-state index < -0.39 is 0 Å². The van der Waals surface area contributed by atoms with Crippen LogP contribution in [-0.4, -0.2) is 48.9 Å². The van der Waals surface area contributed by atoms with Crippen molar-refractivity contribution in [1.29, 1.82) is 0 Å². The average molecular weight is 301 g/mol. The monoisotopic (exact) mass is 301 g/mol. The zero-order chi connectivity index (χ0) is 14.9. The molecule has 0 radical (unpaired) electrons. The van der Waals surface area contributed by atoms with E-state index in [1.54, 1.807) is 11.1 Å². The van der Waals surface area contributed by atoms with Crippen LogP contribution in [0.5, 0.6) is 0 Å². The second-order valence-corrected chi connectivity index (χ2v) is 6.83. The van der Waals surface area contributed by atoms with Gasteiger partial charge in [-0.05, 0) is 42.4 Å². The lowest BCUT2D eigenvalue weighted by Crippen LogP contribution is -2.36. The molecule has 1 fully saturated rings. The maximum Gasteiger partial charge on any atom is 0.0595 e. The number of ether oxygens (including phenoxy) is 1. The van der Waals surface area contributed by atoms with Crippen LogP contribution >= 0.6 is 0 Å². The van der Waals surface area contributed by atoms with E-state index in [-0.39, 0.29) is 0 Å². The standard InChI is InChI=1S/C18H27N3O/c1-22-16-5-8-20(9-6-16)12-15-13-21-10-7-19-11-14-3-2-4-17(15)18(14)21/h3,13,16,19H,2,4-12H2,1H3. The molecule has 0 amide bonds. The highest BCUT2D eigenvalue weighted by atomic mass is 16.5. The van der Waals surface area contributed by atoms with Crippen LogP contribution in [0, 0.1) is 0 Å². The van der Waals surface area contributed by atoms with Crippen LogP contribution in [0.3, 0.4) is 0 Å². The molecule has 4 nitrogen and oxygen atoms in total. The van der Waals surface area contributed by atoms with Crippen molar-refractivity contribution in [2.24, 2.45) is 0 Å². The third kappa shape index (κ3) is 2.64. The molecule has 0 saturated carbocycles. The van der Waals surface area contributed by atoms with Gasteiger partial charge in [0, 0.05) is 58.3 Å². The maximum atomic E-state index is 5.49. The number of hydrogen-bond donors (Lipinski definition) is 1. The van der Waals surface area contributed by atoms with Gasteiger partial charge in [0.15, 0.2) is 0 Å². The molecular weight excluding hydrogens is 274 g/mol. The number of nitrogens with zero attached hydrogens (tertiary/aromatic N) is 2. The fraction of sp³-hybridized carbons (Fsp3) is 0.667. The molecule has 1 aromatic heterocycles. The molecular formula is C18H27N3O. The van der Waals surface area contributed by atoms with E-state index >= 15 is 0 Å². The van der Waals surface area contributed by atoms with Crippen molar-refractivity contribution in [1.82, 2.24) is 14.8 Å². The van der Waals surface area contributed by atoms with Gasteiger partial charge in [0.1, 0.15) is 0 Å². The van der Waals surface area contributed by atoms with E-state index in [1.807, 2.05) is 7.11 Å². The van der Waals surface area contributed by atoms with Crippen LogP contribution in [0.2, 0.25) is 0 Å². The number of allylic oxidation sites excluding steroid dienone is 1. The first-order chi connectivity index (χ1) is 10.8. The summed E-state index contributed by atoms with van der Waals surface area (Å²) in [5, 5.41) is 3.54. The molecule has 0 aromatic carbocycles. The van der Waals surface area contributed by atoms with Crippen LogP contribution in [0.1, 0.15) is 36.1 Å². The quantitative estimate of drug-likeness (QED) is 0.926. The van der Waals surface area contributed by atoms with Crippen molar-refractivity contribution in [3.05, 3.63) is 29.1 Å². The van der Waals surface area contributed by atoms with Crippen LogP contribution in [0.15, 0.2) is 12.3 Å². The molecule has 22 heavy (non-hydrogen) atoms. The average Bonchev–Trinajstić information content (AvgIpc) is 2.77. The van der Waals surface area contributed by atoms with Crippen molar-refractivity contribution in [2.45, 2.75) is 44.9 Å². The zero-order valence-corrected chi connectivity index (χ0v) is 13.6. The van der Waals surface area contributed by atoms with Gasteiger partial charge in [-0.3, -0.25) is 4.90 Å². The van der Waals surface area contributed by atoms with Crippen LogP contribution in [-0.2, 0) is 24.2 Å². The Labute approximate surface area is 133 Å². The Hall–Kier alpha value is -1.10. The van der Waals surface area contributed by atoms with E-state index in [0.717, 1.165) is 26.2 Å². The highest BCUT2D eigenvalue weighted by Crippen LogP contribution is 2.32. The number of piperidine rings is 1. The number of methoxy groups -OCH3 is 1. The Kier molecular flexibility index (Phi) is 4.07. The van der Waals surface area contributed by atoms with Crippen molar-refractivity contribution in [3.8, 4) is 0 Å². The minimum atomic E-state index is 0.473. The summed E-state index contributed by atoms with van der Waals surface area (Å²) in [7, 11) is 1.84. The zero-order valence-electron chi connectivity index (χ0n) is 13.6. The molecule has 0 atom stereocenters. The van der Waals surface area contributed by atoms with Crippen molar-refractivity contribution >= 4 is 5.57 Å². The first-order valence-electron chi connectivity index (χ1n) is 8.71. The fourth-order valence-electron chi connectivity index (χ4n) is 4.24. The smallest absolute Gasteiger partial charge is 0.0595 e. The predicted octanol–water partition coefficient (Wildman–Crippen LogP) is 2.03. The summed E-state index contributed by atoms with van der Waals surface area (Å²) in [4.78, 5) is 2.61. The lowest BCUT2D eigenvalue weighted by molar-refractivity contribution is 0.0388. The molecule has 3 aliphatic rings. The lowest BCUT2D eigenvalue weighted by atomic mass is 9.94. The number of rotatable bonds is 3. The lowest BCUT2D eigenvalue weighted by Gasteiger charge is -2.31. The number of nitrogens with one attached hydrogen (secondary N) is 1. The molecule has 1 saturated heterocycles. The number of likely N-dealkylation sites (tertiary alicyclic amines) is 1. The Morgan fingerprint density at radius 2 is 2.14 bits per heavy atom. The van der Waals surface area contributed by atoms with E-state index in [9.17, 15) is 0 Å². The van der Waals surface area contributed by atoms with Gasteiger partial charge >= 0.3 is 0 Å². The topological polar surface area (TPSA) is 29.4 Å². The molecule has 4 heteroatoms. The van der Waals surface area contributed by atoms with Gasteiger partial charge in [-0.2, -0.15) is 0 Å². The minimum absolute atomic E-state index is 0.473. The number of aromatic nitrogens is 1. The van der Waals surface area contributed by atoms with Gasteiger partial charge in [-0.15, -0.1) is 0 Å². The van der Waals surface area contributed by atoms with Crippen LogP contribution < -0.4 is 5.32 Å². The van der Waals surface area contributed by atoms with Gasteiger partial charge in [0.05, 0.1) is 6.10 Å². The van der Waals surface area contributed by atoms with Crippen molar-refractivity contribution < 1.29 is 4.74 Å². The molecule has 1 N–H and O–H groups in total. The summed E-state index contributed by atoms with van der Waals surface area (Å²) in [6.07, 6.45) is 10.1. The molecule has 120 valence electrons. The Morgan fingerprint density at radius 1 is 1.27 bits per heavy atom. The van der Waals surface area contributed by atoms with Gasteiger partial charge < -0.3 is 14.6 Å². The predicted molar refractivity (Wildman–Crippen MR) is 88.9 cm³/mol. The van der Waals surface area contributed by atoms with Gasteiger partial charge in [-0.25, -0.2) is 0 Å². The molecule has 3 heterocycles. The summed E-state index contributed by atoms with van der Waals surface area (Å²) in [5.41, 5.74) is 6.23. The van der Waals surface area contributed by atoms with Gasteiger partial charge in [0.2, 0.25) is 0 Å². The molecule has 0 bridgehead atoms. The van der Waals surface area contributed by atoms with Crippen molar-refractivity contribution in [3.63, 3.8) is 0 Å². The molecule has 1 aromatic rings. The normalized spacial score (nSPS) is 23.0. The van der Waals surface area contributed by atoms with E-state index in [2.05, 4.69) is 27.1 Å². The largest absolute Gasteiger partial charge is 0.381 e. The third-order valence-corrected chi connectivity index (χ3v) is 5.47. The summed E-state index contributed by atoms with van der Waals surface area (Å²) in [5.74, 6) is 0. The maximum absolute atomic E-state index is 5.49. The molecule has 0 unspecified atom stereocenters. The Morgan fingerprint density at radius 3 is 2.95 bits per heavy atom.